The van der Waals surface area contributed by atoms with Gasteiger partial charge in [0.05, 0.1) is 35.7 Å². The van der Waals surface area contributed by atoms with Crippen molar-refractivity contribution in [3.8, 4) is 5.75 Å². The number of para-hydroxylation sites is 1. The molecule has 29 heavy (non-hydrogen) atoms. The van der Waals surface area contributed by atoms with E-state index >= 15 is 0 Å². The van der Waals surface area contributed by atoms with Gasteiger partial charge in [0.1, 0.15) is 5.75 Å². The fourth-order valence-electron chi connectivity index (χ4n) is 3.36. The van der Waals surface area contributed by atoms with Gasteiger partial charge in [-0.15, -0.1) is 11.8 Å². The second-order valence-electron chi connectivity index (χ2n) is 7.02. The summed E-state index contributed by atoms with van der Waals surface area (Å²) in [4.78, 5) is 20.8. The van der Waals surface area contributed by atoms with Gasteiger partial charge < -0.3 is 9.47 Å². The molecule has 1 fully saturated rings. The Morgan fingerprint density at radius 2 is 2.14 bits per heavy atom. The molecule has 4 rings (SSSR count). The molecule has 1 atom stereocenters. The Kier molecular flexibility index (Phi) is 6.37. The first-order valence-corrected chi connectivity index (χ1v) is 11.5. The van der Waals surface area contributed by atoms with Crippen LogP contribution in [0.25, 0.3) is 10.2 Å². The van der Waals surface area contributed by atoms with Crippen molar-refractivity contribution in [3.05, 3.63) is 48.0 Å². The molecule has 0 saturated carbocycles. The number of anilines is 1. The lowest BCUT2D eigenvalue weighted by Crippen LogP contribution is -2.38. The maximum atomic E-state index is 13.2. The lowest BCUT2D eigenvalue weighted by Gasteiger charge is -2.23. The van der Waals surface area contributed by atoms with Crippen molar-refractivity contribution >= 4 is 44.4 Å². The lowest BCUT2D eigenvalue weighted by atomic mass is 10.2. The summed E-state index contributed by atoms with van der Waals surface area (Å²) < 4.78 is 12.1. The van der Waals surface area contributed by atoms with Crippen LogP contribution in [0.1, 0.15) is 18.4 Å². The topological polar surface area (TPSA) is 51.7 Å². The number of thioether (sulfide) groups is 1. The highest BCUT2D eigenvalue weighted by Gasteiger charge is 2.26. The number of aryl methyl sites for hydroxylation is 1. The fraction of sp³-hybridized carbons (Fsp3) is 0.364. The van der Waals surface area contributed by atoms with Crippen LogP contribution < -0.4 is 9.64 Å². The molecule has 0 spiro atoms. The zero-order valence-corrected chi connectivity index (χ0v) is 18.2. The van der Waals surface area contributed by atoms with Gasteiger partial charge in [0.25, 0.3) is 0 Å². The number of fused-ring (bicyclic) bond motifs is 1. The number of hydrogen-bond donors (Lipinski definition) is 0. The molecular formula is C22H24N2O3S2. The molecule has 1 unspecified atom stereocenters. The van der Waals surface area contributed by atoms with E-state index in [9.17, 15) is 4.79 Å². The van der Waals surface area contributed by atoms with E-state index < -0.39 is 0 Å². The van der Waals surface area contributed by atoms with E-state index in [-0.39, 0.29) is 12.0 Å². The van der Waals surface area contributed by atoms with Gasteiger partial charge in [-0.05, 0) is 55.7 Å². The number of nitrogens with zero attached hydrogens (tertiary/aromatic N) is 2. The van der Waals surface area contributed by atoms with E-state index in [1.165, 1.54) is 11.8 Å². The Morgan fingerprint density at radius 3 is 2.83 bits per heavy atom. The highest BCUT2D eigenvalue weighted by Crippen LogP contribution is 2.32. The number of aromatic nitrogens is 1. The van der Waals surface area contributed by atoms with Crippen molar-refractivity contribution in [3.63, 3.8) is 0 Å². The van der Waals surface area contributed by atoms with Crippen molar-refractivity contribution < 1.29 is 14.3 Å². The highest BCUT2D eigenvalue weighted by atomic mass is 32.2. The third kappa shape index (κ3) is 4.74. The first kappa shape index (κ1) is 20.2. The molecule has 5 nitrogen and oxygen atoms in total. The van der Waals surface area contributed by atoms with Crippen LogP contribution >= 0.6 is 23.1 Å². The first-order valence-electron chi connectivity index (χ1n) is 9.69. The van der Waals surface area contributed by atoms with Crippen LogP contribution in [0.2, 0.25) is 0 Å². The van der Waals surface area contributed by atoms with E-state index in [2.05, 4.69) is 19.1 Å². The van der Waals surface area contributed by atoms with Gasteiger partial charge in [-0.1, -0.05) is 23.5 Å². The zero-order valence-electron chi connectivity index (χ0n) is 16.6. The number of methoxy groups -OCH3 is 1. The molecule has 1 aliphatic rings. The standard InChI is InChI=1S/C22H24N2O3S2/c1-15-5-3-7-19-21(15)23-22(29-19)24(13-17-6-4-12-27-17)20(25)14-28-18-10-8-16(26-2)9-11-18/h3,5,7-11,17H,4,6,12-14H2,1-2H3. The minimum Gasteiger partial charge on any atom is -0.497 e. The molecule has 2 heterocycles. The Labute approximate surface area is 179 Å². The number of carbonyl (C=O) groups is 1. The first-order chi connectivity index (χ1) is 14.1. The minimum absolute atomic E-state index is 0.0537. The highest BCUT2D eigenvalue weighted by molar-refractivity contribution is 8.00. The van der Waals surface area contributed by atoms with Crippen molar-refractivity contribution in [1.29, 1.82) is 0 Å². The van der Waals surface area contributed by atoms with E-state index in [0.717, 1.165) is 51.0 Å². The molecule has 0 radical (unpaired) electrons. The molecule has 1 saturated heterocycles. The summed E-state index contributed by atoms with van der Waals surface area (Å²) in [6.07, 6.45) is 2.11. The summed E-state index contributed by atoms with van der Waals surface area (Å²) in [6, 6.07) is 13.9. The fourth-order valence-corrected chi connectivity index (χ4v) is 5.21. The van der Waals surface area contributed by atoms with Crippen LogP contribution in [-0.2, 0) is 9.53 Å². The average Bonchev–Trinajstić information content (AvgIpc) is 3.41. The van der Waals surface area contributed by atoms with Crippen LogP contribution in [0, 0.1) is 6.92 Å². The van der Waals surface area contributed by atoms with E-state index in [4.69, 9.17) is 14.5 Å². The van der Waals surface area contributed by atoms with Crippen LogP contribution in [0.4, 0.5) is 5.13 Å². The number of benzene rings is 2. The van der Waals surface area contributed by atoms with Crippen LogP contribution in [0.5, 0.6) is 5.75 Å². The lowest BCUT2D eigenvalue weighted by molar-refractivity contribution is -0.116. The van der Waals surface area contributed by atoms with Crippen molar-refractivity contribution in [2.75, 3.05) is 30.9 Å². The molecule has 3 aromatic rings. The van der Waals surface area contributed by atoms with Crippen LogP contribution in [0.3, 0.4) is 0 Å². The molecule has 0 aliphatic carbocycles. The molecule has 1 aliphatic heterocycles. The van der Waals surface area contributed by atoms with Gasteiger partial charge >= 0.3 is 0 Å². The van der Waals surface area contributed by atoms with Crippen molar-refractivity contribution in [1.82, 2.24) is 4.98 Å². The summed E-state index contributed by atoms with van der Waals surface area (Å²) in [5, 5.41) is 0.755. The Morgan fingerprint density at radius 1 is 1.31 bits per heavy atom. The second-order valence-corrected chi connectivity index (χ2v) is 9.08. The number of hydrogen-bond acceptors (Lipinski definition) is 6. The molecule has 0 N–H and O–H groups in total. The second kappa shape index (κ2) is 9.15. The predicted octanol–water partition coefficient (Wildman–Crippen LogP) is 4.92. The minimum atomic E-state index is 0.0537. The smallest absolute Gasteiger partial charge is 0.239 e. The predicted molar refractivity (Wildman–Crippen MR) is 119 cm³/mol. The summed E-state index contributed by atoms with van der Waals surface area (Å²) in [6.45, 7) is 3.38. The summed E-state index contributed by atoms with van der Waals surface area (Å²) in [5.74, 6) is 1.22. The third-order valence-electron chi connectivity index (χ3n) is 4.97. The Bertz CT molecular complexity index is 981. The van der Waals surface area contributed by atoms with Gasteiger partial charge in [0.15, 0.2) is 5.13 Å². The molecule has 0 bridgehead atoms. The number of carbonyl (C=O) groups excluding carboxylic acids is 1. The van der Waals surface area contributed by atoms with E-state index in [1.807, 2.05) is 35.2 Å². The monoisotopic (exact) mass is 428 g/mol. The normalized spacial score (nSPS) is 16.3. The molecule has 1 amide bonds. The van der Waals surface area contributed by atoms with Crippen LogP contribution in [-0.4, -0.2) is 43.0 Å². The molecule has 1 aromatic heterocycles. The van der Waals surface area contributed by atoms with Crippen molar-refractivity contribution in [2.24, 2.45) is 0 Å². The number of ether oxygens (including phenoxy) is 2. The van der Waals surface area contributed by atoms with Crippen molar-refractivity contribution in [2.45, 2.75) is 30.8 Å². The zero-order chi connectivity index (χ0) is 20.2. The van der Waals surface area contributed by atoms with E-state index in [1.54, 1.807) is 18.4 Å². The Balaban J connectivity index is 1.53. The third-order valence-corrected chi connectivity index (χ3v) is 7.01. The summed E-state index contributed by atoms with van der Waals surface area (Å²) in [5.41, 5.74) is 2.10. The van der Waals surface area contributed by atoms with Gasteiger partial charge in [-0.25, -0.2) is 4.98 Å². The van der Waals surface area contributed by atoms with Crippen LogP contribution in [0.15, 0.2) is 47.4 Å². The van der Waals surface area contributed by atoms with Gasteiger partial charge in [0, 0.05) is 11.5 Å². The van der Waals surface area contributed by atoms with E-state index in [0.29, 0.717) is 12.3 Å². The summed E-state index contributed by atoms with van der Waals surface area (Å²) in [7, 11) is 1.65. The average molecular weight is 429 g/mol. The number of rotatable bonds is 7. The van der Waals surface area contributed by atoms with Gasteiger partial charge in [0.2, 0.25) is 5.91 Å². The maximum absolute atomic E-state index is 13.2. The number of thiazole rings is 1. The van der Waals surface area contributed by atoms with Gasteiger partial charge in [-0.3, -0.25) is 9.69 Å². The molecule has 7 heteroatoms. The van der Waals surface area contributed by atoms with Gasteiger partial charge in [-0.2, -0.15) is 0 Å². The number of amides is 1. The largest absolute Gasteiger partial charge is 0.497 e. The quantitative estimate of drug-likeness (QED) is 0.500. The maximum Gasteiger partial charge on any atom is 0.239 e. The SMILES string of the molecule is COc1ccc(SCC(=O)N(CC2CCCO2)c2nc3c(C)cccc3s2)cc1. The summed E-state index contributed by atoms with van der Waals surface area (Å²) >= 11 is 3.10. The molecule has 152 valence electrons. The molecular weight excluding hydrogens is 404 g/mol. The Hall–Kier alpha value is -2.09. The molecule has 2 aromatic carbocycles.